The van der Waals surface area contributed by atoms with E-state index in [2.05, 4.69) is 54.6 Å². The van der Waals surface area contributed by atoms with Crippen molar-refractivity contribution < 1.29 is 0 Å². The molecule has 0 amide bonds. The van der Waals surface area contributed by atoms with Crippen molar-refractivity contribution in [2.75, 3.05) is 19.6 Å². The molecule has 0 unspecified atom stereocenters. The van der Waals surface area contributed by atoms with Crippen molar-refractivity contribution >= 4 is 16.8 Å². The van der Waals surface area contributed by atoms with Gasteiger partial charge < -0.3 is 14.2 Å². The Kier molecular flexibility index (Phi) is 8.13. The van der Waals surface area contributed by atoms with E-state index >= 15 is 0 Å². The van der Waals surface area contributed by atoms with Gasteiger partial charge in [0.1, 0.15) is 8.24 Å². The van der Waals surface area contributed by atoms with E-state index in [1.54, 1.807) is 0 Å². The maximum atomic E-state index is 4.11. The fourth-order valence-electron chi connectivity index (χ4n) is 3.99. The van der Waals surface area contributed by atoms with E-state index in [9.17, 15) is 0 Å². The van der Waals surface area contributed by atoms with Crippen LogP contribution in [0.15, 0.2) is 0 Å². The zero-order valence-electron chi connectivity index (χ0n) is 15.4. The molecule has 0 aromatic heterocycles. The Labute approximate surface area is 135 Å². The molecule has 0 radical (unpaired) electrons. The van der Waals surface area contributed by atoms with Crippen LogP contribution in [0.4, 0.5) is 0 Å². The largest absolute Gasteiger partial charge is 0.321 e. The molecular weight excluding hydrogens is 290 g/mol. The van der Waals surface area contributed by atoms with Crippen molar-refractivity contribution in [3.05, 3.63) is 0 Å². The highest BCUT2D eigenvalue weighted by atomic mass is 28.4. The van der Waals surface area contributed by atoms with Crippen molar-refractivity contribution in [1.82, 2.24) is 14.2 Å². The minimum absolute atomic E-state index is 0.891. The quantitative estimate of drug-likeness (QED) is 0.593. The second-order valence-electron chi connectivity index (χ2n) is 7.52. The van der Waals surface area contributed by atoms with E-state index < -0.39 is 16.8 Å². The number of hydrogen-bond donors (Lipinski definition) is 2. The standard InChI is InChI=1S/C16H39N3Si2/c1-7-14-17-21(18-15-8-2,16-12-10-11-13-16)19(9-3)20(4,5)6/h16-18H,7-15H2,1-6H3. The van der Waals surface area contributed by atoms with Crippen LogP contribution >= 0.6 is 0 Å². The van der Waals surface area contributed by atoms with Crippen molar-refractivity contribution in [3.63, 3.8) is 0 Å². The lowest BCUT2D eigenvalue weighted by Crippen LogP contribution is -2.80. The smallest absolute Gasteiger partial charge is 0.280 e. The zero-order chi connectivity index (χ0) is 15.9. The summed E-state index contributed by atoms with van der Waals surface area (Å²) in [5.41, 5.74) is 0.891. The summed E-state index contributed by atoms with van der Waals surface area (Å²) in [6.45, 7) is 18.1. The second kappa shape index (κ2) is 8.82. The van der Waals surface area contributed by atoms with Crippen LogP contribution in [0, 0.1) is 0 Å². The van der Waals surface area contributed by atoms with Gasteiger partial charge in [-0.3, -0.25) is 0 Å². The minimum Gasteiger partial charge on any atom is -0.321 e. The zero-order valence-corrected chi connectivity index (χ0v) is 17.4. The summed E-state index contributed by atoms with van der Waals surface area (Å²) in [7, 11) is -3.09. The van der Waals surface area contributed by atoms with Crippen LogP contribution in [-0.4, -0.2) is 40.7 Å². The summed E-state index contributed by atoms with van der Waals surface area (Å²) in [6, 6.07) is 0. The molecule has 0 aromatic carbocycles. The van der Waals surface area contributed by atoms with E-state index in [1.807, 2.05) is 0 Å². The summed E-state index contributed by atoms with van der Waals surface area (Å²) in [6.07, 6.45) is 8.20. The Hall–Kier alpha value is 0.314. The lowest BCUT2D eigenvalue weighted by molar-refractivity contribution is 0.532. The van der Waals surface area contributed by atoms with Gasteiger partial charge in [-0.25, -0.2) is 0 Å². The third-order valence-corrected chi connectivity index (χ3v) is 14.3. The lowest BCUT2D eigenvalue weighted by Gasteiger charge is -2.51. The molecule has 1 rings (SSSR count). The predicted molar refractivity (Wildman–Crippen MR) is 100 cm³/mol. The average molecular weight is 330 g/mol. The Morgan fingerprint density at radius 1 is 0.905 bits per heavy atom. The van der Waals surface area contributed by atoms with E-state index in [4.69, 9.17) is 0 Å². The highest BCUT2D eigenvalue weighted by molar-refractivity contribution is 6.89. The van der Waals surface area contributed by atoms with Crippen molar-refractivity contribution in [2.45, 2.75) is 84.5 Å². The topological polar surface area (TPSA) is 27.3 Å². The maximum Gasteiger partial charge on any atom is 0.280 e. The van der Waals surface area contributed by atoms with Crippen LogP contribution in [-0.2, 0) is 0 Å². The van der Waals surface area contributed by atoms with Gasteiger partial charge in [-0.2, -0.15) is 0 Å². The van der Waals surface area contributed by atoms with Gasteiger partial charge in [-0.1, -0.05) is 53.3 Å². The number of rotatable bonds is 10. The van der Waals surface area contributed by atoms with Crippen LogP contribution < -0.4 is 9.96 Å². The van der Waals surface area contributed by atoms with Gasteiger partial charge in [0, 0.05) is 0 Å². The first-order chi connectivity index (χ1) is 9.92. The predicted octanol–water partition coefficient (Wildman–Crippen LogP) is 4.03. The normalized spacial score (nSPS) is 17.9. The molecule has 0 heterocycles. The molecule has 0 bridgehead atoms. The summed E-state index contributed by atoms with van der Waals surface area (Å²) in [5, 5.41) is 0. The van der Waals surface area contributed by atoms with Crippen LogP contribution in [0.5, 0.6) is 0 Å². The first kappa shape index (κ1) is 19.4. The van der Waals surface area contributed by atoms with Gasteiger partial charge in [0.15, 0.2) is 0 Å². The number of nitrogens with one attached hydrogen (secondary N) is 2. The Balaban J connectivity index is 3.12. The second-order valence-corrected chi connectivity index (χ2v) is 16.4. The lowest BCUT2D eigenvalue weighted by atomic mass is 10.4. The molecule has 5 heteroatoms. The van der Waals surface area contributed by atoms with E-state index in [0.717, 1.165) is 5.54 Å². The molecular formula is C16H39N3Si2. The van der Waals surface area contributed by atoms with Crippen molar-refractivity contribution in [3.8, 4) is 0 Å². The van der Waals surface area contributed by atoms with Crippen LogP contribution in [0.2, 0.25) is 25.2 Å². The van der Waals surface area contributed by atoms with Gasteiger partial charge in [0.05, 0.1) is 0 Å². The van der Waals surface area contributed by atoms with Gasteiger partial charge in [0.2, 0.25) is 0 Å². The molecule has 21 heavy (non-hydrogen) atoms. The summed E-state index contributed by atoms with van der Waals surface area (Å²) in [4.78, 5) is 8.21. The molecule has 126 valence electrons. The molecule has 0 saturated heterocycles. The molecule has 3 nitrogen and oxygen atoms in total. The highest BCUT2D eigenvalue weighted by Gasteiger charge is 2.51. The number of nitrogens with zero attached hydrogens (tertiary/aromatic N) is 1. The molecule has 0 aliphatic heterocycles. The van der Waals surface area contributed by atoms with Gasteiger partial charge in [0.25, 0.3) is 8.56 Å². The first-order valence-electron chi connectivity index (χ1n) is 9.20. The maximum absolute atomic E-state index is 4.11. The van der Waals surface area contributed by atoms with Crippen LogP contribution in [0.3, 0.4) is 0 Å². The van der Waals surface area contributed by atoms with Crippen molar-refractivity contribution in [1.29, 1.82) is 0 Å². The minimum atomic E-state index is -1.77. The summed E-state index contributed by atoms with van der Waals surface area (Å²) < 4.78 is 2.95. The SMILES string of the molecule is CCCN[Si](NCCC)(C1CCCC1)N(CC)[Si](C)(C)C. The van der Waals surface area contributed by atoms with E-state index in [-0.39, 0.29) is 0 Å². The fraction of sp³-hybridized carbons (Fsp3) is 1.00. The Morgan fingerprint density at radius 3 is 1.71 bits per heavy atom. The van der Waals surface area contributed by atoms with E-state index in [0.29, 0.717) is 0 Å². The summed E-state index contributed by atoms with van der Waals surface area (Å²) in [5.74, 6) is 0. The van der Waals surface area contributed by atoms with Gasteiger partial charge >= 0.3 is 0 Å². The van der Waals surface area contributed by atoms with Crippen LogP contribution in [0.1, 0.15) is 59.3 Å². The molecule has 2 N–H and O–H groups in total. The third kappa shape index (κ3) is 4.89. The Bertz CT molecular complexity index is 278. The highest BCUT2D eigenvalue weighted by Crippen LogP contribution is 2.39. The molecule has 0 aromatic rings. The molecule has 1 aliphatic rings. The summed E-state index contributed by atoms with van der Waals surface area (Å²) >= 11 is 0. The molecule has 1 fully saturated rings. The Morgan fingerprint density at radius 2 is 1.38 bits per heavy atom. The van der Waals surface area contributed by atoms with E-state index in [1.165, 1.54) is 58.2 Å². The fourth-order valence-corrected chi connectivity index (χ4v) is 14.7. The number of hydrogen-bond acceptors (Lipinski definition) is 3. The molecule has 1 saturated carbocycles. The van der Waals surface area contributed by atoms with Crippen molar-refractivity contribution in [2.24, 2.45) is 0 Å². The molecule has 0 atom stereocenters. The molecule has 1 aliphatic carbocycles. The van der Waals surface area contributed by atoms with Crippen LogP contribution in [0.25, 0.3) is 0 Å². The average Bonchev–Trinajstić information content (AvgIpc) is 2.95. The third-order valence-electron chi connectivity index (χ3n) is 4.79. The van der Waals surface area contributed by atoms with Gasteiger partial charge in [-0.05, 0) is 50.9 Å². The first-order valence-corrected chi connectivity index (χ1v) is 14.7. The van der Waals surface area contributed by atoms with Gasteiger partial charge in [-0.15, -0.1) is 0 Å². The monoisotopic (exact) mass is 329 g/mol. The molecule has 0 spiro atoms.